The number of nitrogens with zero attached hydrogens (tertiary/aromatic N) is 1. The van der Waals surface area contributed by atoms with Crippen LogP contribution in [0.5, 0.6) is 5.75 Å². The average molecular weight is 276 g/mol. The lowest BCUT2D eigenvalue weighted by Crippen LogP contribution is -2.46. The Bertz CT molecular complexity index is 516. The van der Waals surface area contributed by atoms with Crippen molar-refractivity contribution in [1.82, 2.24) is 4.90 Å². The molecule has 1 aliphatic heterocycles. The summed E-state index contributed by atoms with van der Waals surface area (Å²) in [7, 11) is 1.61. The average Bonchev–Trinajstić information content (AvgIpc) is 2.46. The molecule has 0 aromatic heterocycles. The van der Waals surface area contributed by atoms with Gasteiger partial charge in [0.25, 0.3) is 0 Å². The molecule has 1 aromatic rings. The second-order valence-electron chi connectivity index (χ2n) is 5.30. The number of primary amides is 1. The van der Waals surface area contributed by atoms with Gasteiger partial charge in [-0.3, -0.25) is 9.59 Å². The molecule has 1 heterocycles. The van der Waals surface area contributed by atoms with Crippen LogP contribution in [-0.2, 0) is 9.59 Å². The van der Waals surface area contributed by atoms with Crippen molar-refractivity contribution in [3.8, 4) is 5.75 Å². The fraction of sp³-hybridized carbons (Fsp3) is 0.467. The van der Waals surface area contributed by atoms with E-state index in [1.54, 1.807) is 12.0 Å². The number of ether oxygens (including phenoxy) is 1. The van der Waals surface area contributed by atoms with Crippen molar-refractivity contribution in [1.29, 1.82) is 0 Å². The Labute approximate surface area is 118 Å². The molecule has 0 unspecified atom stereocenters. The van der Waals surface area contributed by atoms with Gasteiger partial charge in [0.05, 0.1) is 13.2 Å². The molecule has 0 bridgehead atoms. The molecule has 20 heavy (non-hydrogen) atoms. The first-order valence-corrected chi connectivity index (χ1v) is 6.77. The number of likely N-dealkylation sites (tertiary alicyclic amines) is 1. The summed E-state index contributed by atoms with van der Waals surface area (Å²) < 4.78 is 5.21. The molecule has 1 fully saturated rings. The predicted molar refractivity (Wildman–Crippen MR) is 75.0 cm³/mol. The minimum atomic E-state index is -0.896. The van der Waals surface area contributed by atoms with Gasteiger partial charge in [-0.2, -0.15) is 0 Å². The number of piperidine rings is 1. The third kappa shape index (κ3) is 2.92. The van der Waals surface area contributed by atoms with E-state index in [0.29, 0.717) is 12.5 Å². The van der Waals surface area contributed by atoms with Gasteiger partial charge in [0.15, 0.2) is 0 Å². The number of carbonyl (C=O) groups excluding carboxylic acids is 2. The van der Waals surface area contributed by atoms with Crippen molar-refractivity contribution in [2.75, 3.05) is 13.7 Å². The molecular weight excluding hydrogens is 256 g/mol. The van der Waals surface area contributed by atoms with E-state index in [0.717, 1.165) is 24.2 Å². The maximum absolute atomic E-state index is 12.0. The standard InChI is InChI=1S/C15H20N2O3/c1-10-6-7-13(17(9-10)15(19)14(16)18)11-4-3-5-12(8-11)20-2/h3-5,8,10,13H,6-7,9H2,1-2H3,(H2,16,18)/t10-,13+/m0/s1. The Morgan fingerprint density at radius 1 is 1.35 bits per heavy atom. The van der Waals surface area contributed by atoms with E-state index < -0.39 is 11.8 Å². The lowest BCUT2D eigenvalue weighted by molar-refractivity contribution is -0.147. The molecular formula is C15H20N2O3. The van der Waals surface area contributed by atoms with Crippen LogP contribution in [0.4, 0.5) is 0 Å². The van der Waals surface area contributed by atoms with Crippen LogP contribution in [0.15, 0.2) is 24.3 Å². The Morgan fingerprint density at radius 3 is 2.75 bits per heavy atom. The van der Waals surface area contributed by atoms with Crippen molar-refractivity contribution < 1.29 is 14.3 Å². The third-order valence-corrected chi connectivity index (χ3v) is 3.77. The molecule has 108 valence electrons. The summed E-state index contributed by atoms with van der Waals surface area (Å²) >= 11 is 0. The van der Waals surface area contributed by atoms with Crippen LogP contribution < -0.4 is 10.5 Å². The zero-order valence-electron chi connectivity index (χ0n) is 11.8. The SMILES string of the molecule is COc1cccc([C@H]2CC[C@H](C)CN2C(=O)C(N)=O)c1. The molecule has 5 nitrogen and oxygen atoms in total. The number of benzene rings is 1. The Kier molecular flexibility index (Phi) is 4.27. The molecule has 0 saturated carbocycles. The first-order valence-electron chi connectivity index (χ1n) is 6.77. The highest BCUT2D eigenvalue weighted by molar-refractivity contribution is 6.34. The predicted octanol–water partition coefficient (Wildman–Crippen LogP) is 1.48. The Balaban J connectivity index is 2.30. The van der Waals surface area contributed by atoms with Crippen LogP contribution in [0.25, 0.3) is 0 Å². The van der Waals surface area contributed by atoms with Crippen LogP contribution in [0.3, 0.4) is 0 Å². The molecule has 1 aliphatic rings. The molecule has 2 rings (SSSR count). The highest BCUT2D eigenvalue weighted by Gasteiger charge is 2.33. The molecule has 2 amide bonds. The van der Waals surface area contributed by atoms with E-state index in [1.165, 1.54) is 0 Å². The molecule has 0 spiro atoms. The van der Waals surface area contributed by atoms with Gasteiger partial charge < -0.3 is 15.4 Å². The second kappa shape index (κ2) is 5.94. The van der Waals surface area contributed by atoms with Gasteiger partial charge in [0, 0.05) is 6.54 Å². The van der Waals surface area contributed by atoms with Crippen molar-refractivity contribution in [2.24, 2.45) is 11.7 Å². The Hall–Kier alpha value is -2.04. The van der Waals surface area contributed by atoms with Crippen LogP contribution >= 0.6 is 0 Å². The van der Waals surface area contributed by atoms with Gasteiger partial charge in [-0.25, -0.2) is 0 Å². The van der Waals surface area contributed by atoms with Crippen LogP contribution in [0, 0.1) is 5.92 Å². The number of amides is 2. The van der Waals surface area contributed by atoms with E-state index in [9.17, 15) is 9.59 Å². The quantitative estimate of drug-likeness (QED) is 0.832. The van der Waals surface area contributed by atoms with E-state index in [4.69, 9.17) is 10.5 Å². The highest BCUT2D eigenvalue weighted by atomic mass is 16.5. The summed E-state index contributed by atoms with van der Waals surface area (Å²) in [4.78, 5) is 24.8. The highest BCUT2D eigenvalue weighted by Crippen LogP contribution is 2.34. The number of nitrogens with two attached hydrogens (primary N) is 1. The summed E-state index contributed by atoms with van der Waals surface area (Å²) in [5.74, 6) is -0.385. The topological polar surface area (TPSA) is 72.6 Å². The van der Waals surface area contributed by atoms with Crippen LogP contribution in [0.2, 0.25) is 0 Å². The minimum absolute atomic E-state index is 0.110. The lowest BCUT2D eigenvalue weighted by atomic mass is 9.89. The van der Waals surface area contributed by atoms with E-state index in [1.807, 2.05) is 24.3 Å². The van der Waals surface area contributed by atoms with Crippen molar-refractivity contribution in [3.63, 3.8) is 0 Å². The molecule has 5 heteroatoms. The van der Waals surface area contributed by atoms with E-state index >= 15 is 0 Å². The van der Waals surface area contributed by atoms with Gasteiger partial charge in [-0.1, -0.05) is 19.1 Å². The largest absolute Gasteiger partial charge is 0.497 e. The number of hydrogen-bond acceptors (Lipinski definition) is 3. The van der Waals surface area contributed by atoms with Crippen LogP contribution in [-0.4, -0.2) is 30.4 Å². The monoisotopic (exact) mass is 276 g/mol. The third-order valence-electron chi connectivity index (χ3n) is 3.77. The van der Waals surface area contributed by atoms with Gasteiger partial charge in [0.2, 0.25) is 0 Å². The fourth-order valence-electron chi connectivity index (χ4n) is 2.71. The number of rotatable bonds is 2. The molecule has 2 N–H and O–H groups in total. The summed E-state index contributed by atoms with van der Waals surface area (Å²) in [6.45, 7) is 2.63. The second-order valence-corrected chi connectivity index (χ2v) is 5.30. The van der Waals surface area contributed by atoms with Crippen molar-refractivity contribution >= 4 is 11.8 Å². The van der Waals surface area contributed by atoms with E-state index in [-0.39, 0.29) is 6.04 Å². The van der Waals surface area contributed by atoms with Gasteiger partial charge >= 0.3 is 11.8 Å². The summed E-state index contributed by atoms with van der Waals surface area (Å²) in [6, 6.07) is 7.49. The molecule has 1 aromatic carbocycles. The number of methoxy groups -OCH3 is 1. The first kappa shape index (κ1) is 14.4. The zero-order chi connectivity index (χ0) is 14.7. The first-order chi connectivity index (χ1) is 9.52. The van der Waals surface area contributed by atoms with Crippen LogP contribution in [0.1, 0.15) is 31.4 Å². The number of hydrogen-bond donors (Lipinski definition) is 1. The normalized spacial score (nSPS) is 22.4. The zero-order valence-corrected chi connectivity index (χ0v) is 11.8. The number of carbonyl (C=O) groups is 2. The minimum Gasteiger partial charge on any atom is -0.497 e. The van der Waals surface area contributed by atoms with Gasteiger partial charge in [-0.05, 0) is 36.5 Å². The maximum atomic E-state index is 12.0. The summed E-state index contributed by atoms with van der Waals surface area (Å²) in [6.07, 6.45) is 1.85. The molecule has 0 radical (unpaired) electrons. The van der Waals surface area contributed by atoms with E-state index in [2.05, 4.69) is 6.92 Å². The fourth-order valence-corrected chi connectivity index (χ4v) is 2.71. The maximum Gasteiger partial charge on any atom is 0.312 e. The summed E-state index contributed by atoms with van der Waals surface area (Å²) in [5.41, 5.74) is 6.13. The lowest BCUT2D eigenvalue weighted by Gasteiger charge is -2.38. The van der Waals surface area contributed by atoms with Crippen molar-refractivity contribution in [2.45, 2.75) is 25.8 Å². The van der Waals surface area contributed by atoms with Crippen molar-refractivity contribution in [3.05, 3.63) is 29.8 Å². The smallest absolute Gasteiger partial charge is 0.312 e. The Morgan fingerprint density at radius 2 is 2.10 bits per heavy atom. The molecule has 1 saturated heterocycles. The van der Waals surface area contributed by atoms with Gasteiger partial charge in [0.1, 0.15) is 5.75 Å². The molecule has 2 atom stereocenters. The van der Waals surface area contributed by atoms with Gasteiger partial charge in [-0.15, -0.1) is 0 Å². The molecule has 0 aliphatic carbocycles. The summed E-state index contributed by atoms with van der Waals surface area (Å²) in [5, 5.41) is 0.